The molecule has 0 saturated heterocycles. The van der Waals surface area contributed by atoms with Crippen molar-refractivity contribution in [2.45, 2.75) is 6.43 Å². The fraction of sp³-hybridized carbons (Fsp3) is 0.100. The SMILES string of the molecule is Nc1[nH]ncc1-c1cc(C(F)F)ccc1O. The molecule has 0 fully saturated rings. The van der Waals surface area contributed by atoms with E-state index in [-0.39, 0.29) is 22.7 Å². The number of hydrogen-bond acceptors (Lipinski definition) is 3. The highest BCUT2D eigenvalue weighted by molar-refractivity contribution is 5.78. The fourth-order valence-electron chi connectivity index (χ4n) is 1.42. The zero-order chi connectivity index (χ0) is 11.7. The molecule has 16 heavy (non-hydrogen) atoms. The van der Waals surface area contributed by atoms with Crippen LogP contribution in [0.3, 0.4) is 0 Å². The van der Waals surface area contributed by atoms with Crippen LogP contribution < -0.4 is 5.73 Å². The van der Waals surface area contributed by atoms with E-state index in [1.807, 2.05) is 0 Å². The summed E-state index contributed by atoms with van der Waals surface area (Å²) in [5.74, 6) is 0.110. The van der Waals surface area contributed by atoms with E-state index in [1.165, 1.54) is 24.4 Å². The van der Waals surface area contributed by atoms with E-state index >= 15 is 0 Å². The molecule has 0 radical (unpaired) electrons. The molecule has 6 heteroatoms. The monoisotopic (exact) mass is 225 g/mol. The molecule has 2 aromatic rings. The Kier molecular flexibility index (Phi) is 2.47. The van der Waals surface area contributed by atoms with E-state index in [1.54, 1.807) is 0 Å². The lowest BCUT2D eigenvalue weighted by molar-refractivity contribution is 0.151. The molecule has 1 heterocycles. The topological polar surface area (TPSA) is 74.9 Å². The number of aromatic nitrogens is 2. The van der Waals surface area contributed by atoms with Gasteiger partial charge in [0.05, 0.1) is 6.20 Å². The van der Waals surface area contributed by atoms with Crippen molar-refractivity contribution in [3.05, 3.63) is 30.0 Å². The first-order valence-corrected chi connectivity index (χ1v) is 4.50. The van der Waals surface area contributed by atoms with Crippen molar-refractivity contribution in [1.82, 2.24) is 10.2 Å². The Hall–Kier alpha value is -2.11. The van der Waals surface area contributed by atoms with Crippen molar-refractivity contribution < 1.29 is 13.9 Å². The maximum atomic E-state index is 12.5. The minimum Gasteiger partial charge on any atom is -0.507 e. The minimum atomic E-state index is -2.59. The smallest absolute Gasteiger partial charge is 0.263 e. The average Bonchev–Trinajstić information content (AvgIpc) is 2.65. The Balaban J connectivity index is 2.56. The number of rotatable bonds is 2. The third-order valence-electron chi connectivity index (χ3n) is 2.23. The van der Waals surface area contributed by atoms with Gasteiger partial charge in [-0.05, 0) is 18.2 Å². The van der Waals surface area contributed by atoms with Gasteiger partial charge >= 0.3 is 0 Å². The average molecular weight is 225 g/mol. The van der Waals surface area contributed by atoms with Gasteiger partial charge in [0.15, 0.2) is 0 Å². The van der Waals surface area contributed by atoms with Gasteiger partial charge in [-0.15, -0.1) is 0 Å². The first kappa shape index (κ1) is 10.4. The molecular weight excluding hydrogens is 216 g/mol. The molecule has 4 nitrogen and oxygen atoms in total. The van der Waals surface area contributed by atoms with Gasteiger partial charge in [-0.25, -0.2) is 8.78 Å². The van der Waals surface area contributed by atoms with Crippen molar-refractivity contribution in [3.63, 3.8) is 0 Å². The lowest BCUT2D eigenvalue weighted by Crippen LogP contribution is -1.90. The largest absolute Gasteiger partial charge is 0.507 e. The standard InChI is InChI=1S/C10H9F2N3O/c11-9(12)5-1-2-8(16)6(3-5)7-4-14-15-10(7)13/h1-4,9,16H,(H3,13,14,15). The van der Waals surface area contributed by atoms with Crippen LogP contribution in [-0.2, 0) is 0 Å². The number of nitrogens with two attached hydrogens (primary N) is 1. The van der Waals surface area contributed by atoms with E-state index in [4.69, 9.17) is 5.73 Å². The van der Waals surface area contributed by atoms with E-state index in [0.29, 0.717) is 5.56 Å². The molecule has 4 N–H and O–H groups in total. The third-order valence-corrected chi connectivity index (χ3v) is 2.23. The molecule has 0 aliphatic carbocycles. The predicted octanol–water partition coefficient (Wildman–Crippen LogP) is 2.30. The van der Waals surface area contributed by atoms with Crippen molar-refractivity contribution in [1.29, 1.82) is 0 Å². The highest BCUT2D eigenvalue weighted by Crippen LogP contribution is 2.34. The molecule has 0 bridgehead atoms. The molecule has 1 aromatic heterocycles. The normalized spacial score (nSPS) is 10.9. The molecule has 0 saturated carbocycles. The number of aromatic hydroxyl groups is 1. The molecule has 0 amide bonds. The van der Waals surface area contributed by atoms with Gasteiger partial charge in [-0.1, -0.05) is 0 Å². The molecule has 84 valence electrons. The summed E-state index contributed by atoms with van der Waals surface area (Å²) in [6.07, 6.45) is -1.22. The van der Waals surface area contributed by atoms with Crippen LogP contribution >= 0.6 is 0 Å². The van der Waals surface area contributed by atoms with Crippen LogP contribution in [0, 0.1) is 0 Å². The molecule has 1 aromatic carbocycles. The van der Waals surface area contributed by atoms with Crippen LogP contribution in [0.4, 0.5) is 14.6 Å². The molecular formula is C10H9F2N3O. The number of phenols is 1. The van der Waals surface area contributed by atoms with Crippen molar-refractivity contribution in [2.24, 2.45) is 0 Å². The second-order valence-corrected chi connectivity index (χ2v) is 3.27. The van der Waals surface area contributed by atoms with Crippen molar-refractivity contribution >= 4 is 5.82 Å². The van der Waals surface area contributed by atoms with Crippen molar-refractivity contribution in [2.75, 3.05) is 5.73 Å². The fourth-order valence-corrected chi connectivity index (χ4v) is 1.42. The van der Waals surface area contributed by atoms with E-state index in [2.05, 4.69) is 10.2 Å². The van der Waals surface area contributed by atoms with Crippen LogP contribution in [0.25, 0.3) is 11.1 Å². The highest BCUT2D eigenvalue weighted by Gasteiger charge is 2.14. The summed E-state index contributed by atoms with van der Waals surface area (Å²) in [6, 6.07) is 3.57. The Labute approximate surface area is 89.7 Å². The number of hydrogen-bond donors (Lipinski definition) is 3. The minimum absolute atomic E-state index is 0.113. The first-order chi connectivity index (χ1) is 7.59. The van der Waals surface area contributed by atoms with E-state index < -0.39 is 6.43 Å². The summed E-state index contributed by atoms with van der Waals surface area (Å²) in [5, 5.41) is 15.7. The first-order valence-electron chi connectivity index (χ1n) is 4.50. The van der Waals surface area contributed by atoms with Crippen molar-refractivity contribution in [3.8, 4) is 16.9 Å². The van der Waals surface area contributed by atoms with Gasteiger partial charge in [0.1, 0.15) is 11.6 Å². The summed E-state index contributed by atoms with van der Waals surface area (Å²) >= 11 is 0. The number of benzene rings is 1. The predicted molar refractivity (Wildman–Crippen MR) is 55.1 cm³/mol. The lowest BCUT2D eigenvalue weighted by Gasteiger charge is -2.06. The summed E-state index contributed by atoms with van der Waals surface area (Å²) in [6.45, 7) is 0. The number of nitrogens with one attached hydrogen (secondary N) is 1. The quantitative estimate of drug-likeness (QED) is 0.734. The summed E-state index contributed by atoms with van der Waals surface area (Å²) < 4.78 is 25.0. The molecule has 0 spiro atoms. The maximum absolute atomic E-state index is 12.5. The molecule has 0 atom stereocenters. The Morgan fingerprint density at radius 2 is 2.06 bits per heavy atom. The molecule has 0 aliphatic heterocycles. The molecule has 0 unspecified atom stereocenters. The lowest BCUT2D eigenvalue weighted by atomic mass is 10.0. The number of nitrogen functional groups attached to an aromatic ring is 1. The molecule has 0 aliphatic rings. The van der Waals surface area contributed by atoms with Crippen LogP contribution in [0.5, 0.6) is 5.75 Å². The van der Waals surface area contributed by atoms with Gasteiger partial charge < -0.3 is 10.8 Å². The summed E-state index contributed by atoms with van der Waals surface area (Å²) in [4.78, 5) is 0. The van der Waals surface area contributed by atoms with Crippen LogP contribution in [0.1, 0.15) is 12.0 Å². The van der Waals surface area contributed by atoms with E-state index in [0.717, 1.165) is 0 Å². The van der Waals surface area contributed by atoms with Gasteiger partial charge in [-0.2, -0.15) is 5.10 Å². The van der Waals surface area contributed by atoms with Crippen LogP contribution in [-0.4, -0.2) is 15.3 Å². The maximum Gasteiger partial charge on any atom is 0.263 e. The van der Waals surface area contributed by atoms with Gasteiger partial charge in [0.2, 0.25) is 0 Å². The summed E-state index contributed by atoms with van der Waals surface area (Å²) in [7, 11) is 0. The second kappa shape index (κ2) is 3.80. The number of alkyl halides is 2. The summed E-state index contributed by atoms with van der Waals surface area (Å²) in [5.41, 5.74) is 6.02. The number of halogens is 2. The molecule has 2 rings (SSSR count). The van der Waals surface area contributed by atoms with Gasteiger partial charge in [0.25, 0.3) is 6.43 Å². The number of H-pyrrole nitrogens is 1. The Bertz CT molecular complexity index is 511. The van der Waals surface area contributed by atoms with Gasteiger partial charge in [0, 0.05) is 16.7 Å². The number of aromatic amines is 1. The number of phenolic OH excluding ortho intramolecular Hbond substituents is 1. The van der Waals surface area contributed by atoms with E-state index in [9.17, 15) is 13.9 Å². The highest BCUT2D eigenvalue weighted by atomic mass is 19.3. The Morgan fingerprint density at radius 3 is 2.62 bits per heavy atom. The zero-order valence-electron chi connectivity index (χ0n) is 8.11. The second-order valence-electron chi connectivity index (χ2n) is 3.27. The van der Waals surface area contributed by atoms with Crippen LogP contribution in [0.15, 0.2) is 24.4 Å². The van der Waals surface area contributed by atoms with Crippen LogP contribution in [0.2, 0.25) is 0 Å². The van der Waals surface area contributed by atoms with Gasteiger partial charge in [-0.3, -0.25) is 5.10 Å². The third kappa shape index (κ3) is 1.69. The number of nitrogens with zero attached hydrogens (tertiary/aromatic N) is 1. The zero-order valence-corrected chi connectivity index (χ0v) is 8.11. The number of anilines is 1. The Morgan fingerprint density at radius 1 is 1.31 bits per heavy atom.